The van der Waals surface area contributed by atoms with Crippen molar-refractivity contribution in [1.29, 1.82) is 0 Å². The molecule has 7 heteroatoms. The van der Waals surface area contributed by atoms with E-state index in [4.69, 9.17) is 14.0 Å². The van der Waals surface area contributed by atoms with Crippen molar-refractivity contribution in [3.8, 4) is 22.6 Å². The maximum atomic E-state index is 12.6. The number of carbonyl (C=O) groups is 2. The van der Waals surface area contributed by atoms with Crippen molar-refractivity contribution in [3.05, 3.63) is 58.9 Å². The van der Waals surface area contributed by atoms with Crippen molar-refractivity contribution >= 4 is 11.9 Å². The summed E-state index contributed by atoms with van der Waals surface area (Å²) >= 11 is 0. The second-order valence-electron chi connectivity index (χ2n) is 5.95. The zero-order chi connectivity index (χ0) is 19.6. The van der Waals surface area contributed by atoms with E-state index in [2.05, 4.69) is 10.1 Å². The molecule has 0 amide bonds. The van der Waals surface area contributed by atoms with Gasteiger partial charge in [0, 0.05) is 17.8 Å². The maximum absolute atomic E-state index is 12.6. The summed E-state index contributed by atoms with van der Waals surface area (Å²) in [6.45, 7) is 3.73. The minimum atomic E-state index is -0.699. The summed E-state index contributed by atoms with van der Waals surface area (Å²) in [6, 6.07) is 9.28. The highest BCUT2D eigenvalue weighted by atomic mass is 16.5. The summed E-state index contributed by atoms with van der Waals surface area (Å²) < 4.78 is 15.1. The molecule has 0 bridgehead atoms. The van der Waals surface area contributed by atoms with Crippen LogP contribution in [0.15, 0.2) is 41.1 Å². The molecule has 0 unspecified atom stereocenters. The van der Waals surface area contributed by atoms with Crippen LogP contribution in [0, 0.1) is 13.8 Å². The SMILES string of the molecule is COC(=O)c1cnc(-c2ccc(C)cc2)c(-c2cc(C)no2)c1C(=O)OC. The van der Waals surface area contributed by atoms with Crippen molar-refractivity contribution < 1.29 is 23.6 Å². The molecule has 27 heavy (non-hydrogen) atoms. The molecule has 0 atom stereocenters. The van der Waals surface area contributed by atoms with Crippen molar-refractivity contribution in [2.45, 2.75) is 13.8 Å². The molecule has 0 aliphatic carbocycles. The van der Waals surface area contributed by atoms with Gasteiger partial charge in [-0.25, -0.2) is 9.59 Å². The Bertz CT molecular complexity index is 1010. The van der Waals surface area contributed by atoms with E-state index in [9.17, 15) is 9.59 Å². The molecule has 0 fully saturated rings. The molecule has 0 aliphatic heterocycles. The molecule has 7 nitrogen and oxygen atoms in total. The van der Waals surface area contributed by atoms with Gasteiger partial charge in [0.05, 0.1) is 42.3 Å². The van der Waals surface area contributed by atoms with Crippen molar-refractivity contribution in [3.63, 3.8) is 0 Å². The number of rotatable bonds is 4. The van der Waals surface area contributed by atoms with Crippen LogP contribution >= 0.6 is 0 Å². The Balaban J connectivity index is 2.39. The van der Waals surface area contributed by atoms with E-state index in [1.165, 1.54) is 20.4 Å². The first-order valence-electron chi connectivity index (χ1n) is 8.16. The third kappa shape index (κ3) is 3.44. The Morgan fingerprint density at radius 2 is 1.67 bits per heavy atom. The first-order chi connectivity index (χ1) is 13.0. The molecule has 0 saturated carbocycles. The van der Waals surface area contributed by atoms with Crippen molar-refractivity contribution in [2.24, 2.45) is 0 Å². The van der Waals surface area contributed by atoms with E-state index in [1.807, 2.05) is 31.2 Å². The van der Waals surface area contributed by atoms with Crippen LogP contribution in [0.5, 0.6) is 0 Å². The first kappa shape index (κ1) is 18.3. The predicted molar refractivity (Wildman–Crippen MR) is 97.3 cm³/mol. The fraction of sp³-hybridized carbons (Fsp3) is 0.200. The number of ether oxygens (including phenoxy) is 2. The van der Waals surface area contributed by atoms with Crippen LogP contribution in [0.1, 0.15) is 32.0 Å². The number of methoxy groups -OCH3 is 2. The van der Waals surface area contributed by atoms with Gasteiger partial charge in [0.25, 0.3) is 0 Å². The van der Waals surface area contributed by atoms with Gasteiger partial charge in [-0.15, -0.1) is 0 Å². The molecular weight excluding hydrogens is 348 g/mol. The number of carbonyl (C=O) groups excluding carboxylic acids is 2. The number of aromatic nitrogens is 2. The quantitative estimate of drug-likeness (QED) is 0.652. The lowest BCUT2D eigenvalue weighted by atomic mass is 9.95. The van der Waals surface area contributed by atoms with Gasteiger partial charge in [-0.1, -0.05) is 35.0 Å². The molecule has 3 aromatic rings. The highest BCUT2D eigenvalue weighted by molar-refractivity contribution is 6.09. The number of pyridine rings is 1. The smallest absolute Gasteiger partial charge is 0.340 e. The topological polar surface area (TPSA) is 91.5 Å². The number of nitrogens with zero attached hydrogens (tertiary/aromatic N) is 2. The van der Waals surface area contributed by atoms with Gasteiger partial charge in [-0.05, 0) is 13.8 Å². The van der Waals surface area contributed by atoms with E-state index in [-0.39, 0.29) is 11.1 Å². The van der Waals surface area contributed by atoms with Gasteiger partial charge in [0.1, 0.15) is 0 Å². The normalized spacial score (nSPS) is 10.5. The molecule has 3 rings (SSSR count). The zero-order valence-corrected chi connectivity index (χ0v) is 15.4. The van der Waals surface area contributed by atoms with Gasteiger partial charge in [0.15, 0.2) is 5.76 Å². The summed E-state index contributed by atoms with van der Waals surface area (Å²) in [5, 5.41) is 3.89. The van der Waals surface area contributed by atoms with Gasteiger partial charge in [-0.3, -0.25) is 4.98 Å². The van der Waals surface area contributed by atoms with Crippen molar-refractivity contribution in [2.75, 3.05) is 14.2 Å². The number of benzene rings is 1. The van der Waals surface area contributed by atoms with Gasteiger partial charge in [-0.2, -0.15) is 0 Å². The van der Waals surface area contributed by atoms with Crippen LogP contribution in [0.2, 0.25) is 0 Å². The summed E-state index contributed by atoms with van der Waals surface area (Å²) in [5.74, 6) is -1.09. The van der Waals surface area contributed by atoms with Gasteiger partial charge >= 0.3 is 11.9 Å². The minimum Gasteiger partial charge on any atom is -0.465 e. The lowest BCUT2D eigenvalue weighted by Crippen LogP contribution is -2.15. The molecule has 0 spiro atoms. The minimum absolute atomic E-state index is 0.00994. The van der Waals surface area contributed by atoms with Crippen LogP contribution < -0.4 is 0 Å². The second kappa shape index (κ2) is 7.41. The highest BCUT2D eigenvalue weighted by Gasteiger charge is 2.29. The summed E-state index contributed by atoms with van der Waals surface area (Å²) in [5.41, 5.74) is 3.27. The maximum Gasteiger partial charge on any atom is 0.340 e. The molecule has 2 heterocycles. The Kier molecular flexibility index (Phi) is 5.03. The summed E-state index contributed by atoms with van der Waals surface area (Å²) in [6.07, 6.45) is 1.31. The van der Waals surface area contributed by atoms with Crippen LogP contribution in [0.25, 0.3) is 22.6 Å². The van der Waals surface area contributed by atoms with Gasteiger partial charge < -0.3 is 14.0 Å². The van der Waals surface area contributed by atoms with Crippen LogP contribution in [-0.2, 0) is 9.47 Å². The zero-order valence-electron chi connectivity index (χ0n) is 15.4. The Labute approximate surface area is 155 Å². The number of esters is 2. The number of aryl methyl sites for hydroxylation is 2. The lowest BCUT2D eigenvalue weighted by molar-refractivity contribution is 0.0555. The average molecular weight is 366 g/mol. The summed E-state index contributed by atoms with van der Waals surface area (Å²) in [4.78, 5) is 29.2. The van der Waals surface area contributed by atoms with Crippen LogP contribution in [-0.4, -0.2) is 36.3 Å². The Morgan fingerprint density at radius 1 is 1.00 bits per heavy atom. The molecule has 138 valence electrons. The highest BCUT2D eigenvalue weighted by Crippen LogP contribution is 2.36. The fourth-order valence-electron chi connectivity index (χ4n) is 2.74. The fourth-order valence-corrected chi connectivity index (χ4v) is 2.74. The Hall–Kier alpha value is -3.48. The third-order valence-electron chi connectivity index (χ3n) is 4.07. The second-order valence-corrected chi connectivity index (χ2v) is 5.95. The molecule has 0 saturated heterocycles. The third-order valence-corrected chi connectivity index (χ3v) is 4.07. The largest absolute Gasteiger partial charge is 0.465 e. The molecule has 2 aromatic heterocycles. The van der Waals surface area contributed by atoms with E-state index in [1.54, 1.807) is 13.0 Å². The summed E-state index contributed by atoms with van der Waals surface area (Å²) in [7, 11) is 2.47. The standard InChI is InChI=1S/C20H18N2O5/c1-11-5-7-13(8-6-11)18-17(15-9-12(2)22-27-15)16(20(24)26-4)14(10-21-18)19(23)25-3/h5-10H,1-4H3. The first-order valence-corrected chi connectivity index (χ1v) is 8.16. The number of hydrogen-bond donors (Lipinski definition) is 0. The molecule has 0 aliphatic rings. The van der Waals surface area contributed by atoms with Crippen molar-refractivity contribution in [1.82, 2.24) is 10.1 Å². The number of hydrogen-bond acceptors (Lipinski definition) is 7. The van der Waals surface area contributed by atoms with E-state index < -0.39 is 11.9 Å². The molecular formula is C20H18N2O5. The predicted octanol–water partition coefficient (Wildman–Crippen LogP) is 3.59. The Morgan fingerprint density at radius 3 is 2.22 bits per heavy atom. The van der Waals surface area contributed by atoms with E-state index in [0.717, 1.165) is 11.1 Å². The van der Waals surface area contributed by atoms with Crippen LogP contribution in [0.4, 0.5) is 0 Å². The average Bonchev–Trinajstić information content (AvgIpc) is 3.12. The van der Waals surface area contributed by atoms with Gasteiger partial charge in [0.2, 0.25) is 0 Å². The molecule has 0 radical (unpaired) electrons. The van der Waals surface area contributed by atoms with Crippen LogP contribution in [0.3, 0.4) is 0 Å². The monoisotopic (exact) mass is 366 g/mol. The van der Waals surface area contributed by atoms with E-state index in [0.29, 0.717) is 22.7 Å². The van der Waals surface area contributed by atoms with E-state index >= 15 is 0 Å². The lowest BCUT2D eigenvalue weighted by Gasteiger charge is -2.14. The molecule has 1 aromatic carbocycles. The molecule has 0 N–H and O–H groups in total.